The number of nitrogens with one attached hydrogen (secondary N) is 2. The quantitative estimate of drug-likeness (QED) is 0.145. The van der Waals surface area contributed by atoms with Crippen LogP contribution in [0.5, 0.6) is 0 Å². The molecule has 0 aliphatic carbocycles. The molecule has 1 amide bonds. The lowest BCUT2D eigenvalue weighted by Crippen LogP contribution is -2.27. The van der Waals surface area contributed by atoms with Gasteiger partial charge in [0.15, 0.2) is 11.0 Å². The zero-order valence-electron chi connectivity index (χ0n) is 20.6. The maximum Gasteiger partial charge on any atom is 0.253 e. The summed E-state index contributed by atoms with van der Waals surface area (Å²) in [6.07, 6.45) is 1.29. The van der Waals surface area contributed by atoms with Gasteiger partial charge < -0.3 is 5.32 Å². The first-order chi connectivity index (χ1) is 18.6. The fourth-order valence-electron chi connectivity index (χ4n) is 3.93. The van der Waals surface area contributed by atoms with E-state index in [2.05, 4.69) is 44.2 Å². The maximum absolute atomic E-state index is 13.8. The van der Waals surface area contributed by atoms with Crippen LogP contribution in [0, 0.1) is 5.82 Å². The molecule has 0 spiro atoms. The maximum atomic E-state index is 13.8. The number of nitrogens with zero attached hydrogens (tertiary/aromatic N) is 4. The van der Waals surface area contributed by atoms with Gasteiger partial charge in [-0.25, -0.2) is 9.82 Å². The molecule has 7 nitrogen and oxygen atoms in total. The van der Waals surface area contributed by atoms with Gasteiger partial charge >= 0.3 is 0 Å². The Morgan fingerprint density at radius 3 is 2.55 bits per heavy atom. The van der Waals surface area contributed by atoms with E-state index in [9.17, 15) is 9.18 Å². The number of halogens is 1. The molecular weight excluding hydrogens is 499 g/mol. The van der Waals surface area contributed by atoms with Crippen molar-refractivity contribution in [1.29, 1.82) is 0 Å². The molecule has 2 N–H and O–H groups in total. The normalized spacial score (nSPS) is 12.1. The minimum Gasteiger partial charge on any atom is -0.377 e. The first-order valence-corrected chi connectivity index (χ1v) is 12.9. The number of rotatable bonds is 9. The van der Waals surface area contributed by atoms with Crippen LogP contribution >= 0.6 is 11.8 Å². The van der Waals surface area contributed by atoms with Crippen LogP contribution in [-0.2, 0) is 11.3 Å². The lowest BCUT2D eigenvalue weighted by Gasteiger charge is -2.14. The second-order valence-corrected chi connectivity index (χ2v) is 9.77. The number of para-hydroxylation sites is 1. The van der Waals surface area contributed by atoms with Crippen molar-refractivity contribution < 1.29 is 9.18 Å². The van der Waals surface area contributed by atoms with Gasteiger partial charge in [-0.05, 0) is 36.6 Å². The number of aromatic nitrogens is 3. The second kappa shape index (κ2) is 11.7. The van der Waals surface area contributed by atoms with Crippen LogP contribution in [0.3, 0.4) is 0 Å². The fraction of sp³-hybridized carbons (Fsp3) is 0.103. The van der Waals surface area contributed by atoms with Gasteiger partial charge in [-0.3, -0.25) is 9.36 Å². The number of fused-ring (bicyclic) bond motifs is 1. The lowest BCUT2D eigenvalue weighted by atomic mass is 10.1. The zero-order valence-corrected chi connectivity index (χ0v) is 21.4. The molecule has 1 heterocycles. The molecular formula is C29H25FN6OS. The largest absolute Gasteiger partial charge is 0.377 e. The van der Waals surface area contributed by atoms with Gasteiger partial charge in [0.1, 0.15) is 5.82 Å². The summed E-state index contributed by atoms with van der Waals surface area (Å²) in [6, 6.07) is 30.3. The second-order valence-electron chi connectivity index (χ2n) is 8.47. The number of anilines is 1. The molecule has 0 aliphatic heterocycles. The molecule has 0 bridgehead atoms. The van der Waals surface area contributed by atoms with Gasteiger partial charge in [0.25, 0.3) is 5.91 Å². The van der Waals surface area contributed by atoms with Crippen molar-refractivity contribution in [2.24, 2.45) is 5.10 Å². The van der Waals surface area contributed by atoms with Crippen molar-refractivity contribution in [3.8, 4) is 5.69 Å². The number of benzene rings is 4. The van der Waals surface area contributed by atoms with Crippen LogP contribution in [0.1, 0.15) is 18.3 Å². The van der Waals surface area contributed by atoms with E-state index in [1.807, 2.05) is 59.2 Å². The number of carbonyl (C=O) groups is 1. The Balaban J connectivity index is 1.33. The van der Waals surface area contributed by atoms with Crippen LogP contribution in [0.25, 0.3) is 16.5 Å². The molecule has 4 aromatic carbocycles. The van der Waals surface area contributed by atoms with Crippen molar-refractivity contribution in [3.63, 3.8) is 0 Å². The smallest absolute Gasteiger partial charge is 0.253 e. The number of thioether (sulfide) groups is 1. The molecule has 0 saturated carbocycles. The van der Waals surface area contributed by atoms with E-state index >= 15 is 0 Å². The molecule has 1 atom stereocenters. The summed E-state index contributed by atoms with van der Waals surface area (Å²) in [7, 11) is 0. The molecule has 0 saturated heterocycles. The van der Waals surface area contributed by atoms with Crippen molar-refractivity contribution in [1.82, 2.24) is 20.2 Å². The molecule has 1 aromatic heterocycles. The summed E-state index contributed by atoms with van der Waals surface area (Å²) in [5.41, 5.74) is 4.66. The Morgan fingerprint density at radius 1 is 0.974 bits per heavy atom. The summed E-state index contributed by atoms with van der Waals surface area (Å²) in [4.78, 5) is 12.7. The molecule has 0 fully saturated rings. The molecule has 5 rings (SSSR count). The summed E-state index contributed by atoms with van der Waals surface area (Å²) < 4.78 is 15.7. The summed E-state index contributed by atoms with van der Waals surface area (Å²) in [5, 5.41) is 18.6. The van der Waals surface area contributed by atoms with E-state index < -0.39 is 11.1 Å². The van der Waals surface area contributed by atoms with Crippen molar-refractivity contribution in [2.75, 3.05) is 5.32 Å². The van der Waals surface area contributed by atoms with Crippen molar-refractivity contribution in [2.45, 2.75) is 23.9 Å². The van der Waals surface area contributed by atoms with Gasteiger partial charge in [0, 0.05) is 22.3 Å². The summed E-state index contributed by atoms with van der Waals surface area (Å²) in [6.45, 7) is 2.20. The lowest BCUT2D eigenvalue weighted by molar-refractivity contribution is -0.120. The van der Waals surface area contributed by atoms with E-state index in [1.165, 1.54) is 24.0 Å². The van der Waals surface area contributed by atoms with Gasteiger partial charge in [0.2, 0.25) is 0 Å². The molecule has 0 aliphatic rings. The predicted molar refractivity (Wildman–Crippen MR) is 150 cm³/mol. The van der Waals surface area contributed by atoms with Gasteiger partial charge in [0.05, 0.1) is 18.0 Å². The van der Waals surface area contributed by atoms with Gasteiger partial charge in [-0.2, -0.15) is 5.10 Å². The Kier molecular flexibility index (Phi) is 7.75. The first-order valence-electron chi connectivity index (χ1n) is 12.1. The van der Waals surface area contributed by atoms with Crippen LogP contribution in [0.15, 0.2) is 107 Å². The summed E-state index contributed by atoms with van der Waals surface area (Å²) in [5.74, 6) is -0.0361. The monoisotopic (exact) mass is 524 g/mol. The van der Waals surface area contributed by atoms with Crippen LogP contribution in [0.2, 0.25) is 0 Å². The molecule has 38 heavy (non-hydrogen) atoms. The Bertz CT molecular complexity index is 1580. The average molecular weight is 525 g/mol. The van der Waals surface area contributed by atoms with E-state index in [4.69, 9.17) is 0 Å². The third-order valence-electron chi connectivity index (χ3n) is 5.88. The fourth-order valence-corrected chi connectivity index (χ4v) is 4.81. The number of hydrogen-bond donors (Lipinski definition) is 2. The predicted octanol–water partition coefficient (Wildman–Crippen LogP) is 5.80. The molecule has 190 valence electrons. The highest BCUT2D eigenvalue weighted by Gasteiger charge is 2.21. The molecule has 1 unspecified atom stereocenters. The first kappa shape index (κ1) is 25.2. The van der Waals surface area contributed by atoms with E-state index in [1.54, 1.807) is 25.1 Å². The highest BCUT2D eigenvalue weighted by Crippen LogP contribution is 2.27. The topological polar surface area (TPSA) is 84.2 Å². The number of carbonyl (C=O) groups excluding carboxylic acids is 1. The van der Waals surface area contributed by atoms with Gasteiger partial charge in [-0.15, -0.1) is 10.2 Å². The van der Waals surface area contributed by atoms with E-state index in [0.717, 1.165) is 22.1 Å². The highest BCUT2D eigenvalue weighted by molar-refractivity contribution is 8.00. The van der Waals surface area contributed by atoms with Crippen molar-refractivity contribution in [3.05, 3.63) is 114 Å². The van der Waals surface area contributed by atoms with Crippen LogP contribution in [-0.4, -0.2) is 32.1 Å². The number of hydrogen-bond acceptors (Lipinski definition) is 6. The Morgan fingerprint density at radius 2 is 1.71 bits per heavy atom. The standard InChI is InChI=1S/C29H25FN6OS/c1-20(28(37)34-32-18-22-11-6-8-16-25(22)30)38-29-35-33-27(36(29)23-13-3-2-4-14-23)19-31-26-17-9-12-21-10-5-7-15-24(21)26/h2-18,20,31H,19H2,1H3,(H,34,37)/b32-18+. The number of amides is 1. The van der Waals surface area contributed by atoms with Crippen molar-refractivity contribution >= 4 is 40.3 Å². The zero-order chi connectivity index (χ0) is 26.3. The molecule has 5 aromatic rings. The van der Waals surface area contributed by atoms with E-state index in [0.29, 0.717) is 23.1 Å². The third kappa shape index (κ3) is 5.73. The van der Waals surface area contributed by atoms with E-state index in [-0.39, 0.29) is 5.91 Å². The minimum absolute atomic E-state index is 0.292. The van der Waals surface area contributed by atoms with Gasteiger partial charge in [-0.1, -0.05) is 84.6 Å². The summed E-state index contributed by atoms with van der Waals surface area (Å²) >= 11 is 1.27. The SMILES string of the molecule is CC(Sc1nnc(CNc2cccc3ccccc23)n1-c1ccccc1)C(=O)N/N=C/c1ccccc1F. The molecule has 0 radical (unpaired) electrons. The number of hydrazone groups is 1. The van der Waals surface area contributed by atoms with Crippen LogP contribution in [0.4, 0.5) is 10.1 Å². The Hall–Kier alpha value is -4.50. The minimum atomic E-state index is -0.529. The molecule has 9 heteroatoms. The highest BCUT2D eigenvalue weighted by atomic mass is 32.2. The third-order valence-corrected chi connectivity index (χ3v) is 6.92. The average Bonchev–Trinajstić information content (AvgIpc) is 3.35. The van der Waals surface area contributed by atoms with Crippen LogP contribution < -0.4 is 10.7 Å². The Labute approximate surface area is 223 Å².